The average molecular weight is 498 g/mol. The number of thioether (sulfide) groups is 1. The molecule has 3 aromatic rings. The fourth-order valence-electron chi connectivity index (χ4n) is 3.04. The molecule has 1 heterocycles. The van der Waals surface area contributed by atoms with E-state index in [1.54, 1.807) is 24.3 Å². The van der Waals surface area contributed by atoms with Gasteiger partial charge < -0.3 is 14.8 Å². The molecule has 0 aliphatic rings. The number of alkyl halides is 2. The first-order valence-electron chi connectivity index (χ1n) is 10.1. The highest BCUT2D eigenvalue weighted by Gasteiger charge is 2.15. The summed E-state index contributed by atoms with van der Waals surface area (Å²) in [7, 11) is 0. The topological polar surface area (TPSA) is 82.4 Å². The molecule has 0 saturated carbocycles. The van der Waals surface area contributed by atoms with E-state index in [1.165, 1.54) is 22.8 Å². The van der Waals surface area contributed by atoms with Gasteiger partial charge >= 0.3 is 6.61 Å². The van der Waals surface area contributed by atoms with Crippen molar-refractivity contribution >= 4 is 45.9 Å². The Morgan fingerprint density at radius 2 is 2.06 bits per heavy atom. The van der Waals surface area contributed by atoms with Crippen LogP contribution in [0.5, 0.6) is 5.75 Å². The largest absolute Gasteiger partial charge is 0.433 e. The molecule has 0 aliphatic carbocycles. The first-order valence-corrected chi connectivity index (χ1v) is 11.5. The summed E-state index contributed by atoms with van der Waals surface area (Å²) in [6.45, 7) is 0.281. The van der Waals surface area contributed by atoms with E-state index >= 15 is 0 Å². The van der Waals surface area contributed by atoms with Crippen LogP contribution in [0.25, 0.3) is 10.9 Å². The van der Waals surface area contributed by atoms with Crippen molar-refractivity contribution in [2.45, 2.75) is 31.7 Å². The third kappa shape index (κ3) is 6.89. The van der Waals surface area contributed by atoms with Crippen LogP contribution in [0.1, 0.15) is 13.3 Å². The van der Waals surface area contributed by atoms with Crippen molar-refractivity contribution in [2.24, 2.45) is 0 Å². The van der Waals surface area contributed by atoms with Gasteiger partial charge in [0, 0.05) is 24.8 Å². The lowest BCUT2D eigenvalue weighted by Gasteiger charge is -2.14. The number of benzene rings is 2. The number of ether oxygens (including phenoxy) is 2. The van der Waals surface area contributed by atoms with Gasteiger partial charge in [-0.3, -0.25) is 14.2 Å². The Morgan fingerprint density at radius 1 is 1.27 bits per heavy atom. The third-order valence-electron chi connectivity index (χ3n) is 4.47. The molecule has 2 aromatic carbocycles. The molecular weight excluding hydrogens is 476 g/mol. The molecule has 0 saturated heterocycles. The van der Waals surface area contributed by atoms with Crippen LogP contribution in [0.4, 0.5) is 14.5 Å². The zero-order valence-electron chi connectivity index (χ0n) is 17.7. The minimum atomic E-state index is -3.02. The molecule has 1 N–H and O–H groups in total. The van der Waals surface area contributed by atoms with Crippen molar-refractivity contribution in [1.82, 2.24) is 9.55 Å². The van der Waals surface area contributed by atoms with E-state index in [1.807, 2.05) is 6.92 Å². The number of halogens is 3. The van der Waals surface area contributed by atoms with Gasteiger partial charge in [0.25, 0.3) is 5.56 Å². The van der Waals surface area contributed by atoms with Crippen LogP contribution in [0, 0.1) is 0 Å². The third-order valence-corrected chi connectivity index (χ3v) is 5.68. The van der Waals surface area contributed by atoms with E-state index in [2.05, 4.69) is 15.0 Å². The maximum Gasteiger partial charge on any atom is 0.387 e. The Morgan fingerprint density at radius 3 is 2.82 bits per heavy atom. The first-order chi connectivity index (χ1) is 15.9. The van der Waals surface area contributed by atoms with Crippen molar-refractivity contribution in [3.05, 3.63) is 57.8 Å². The van der Waals surface area contributed by atoms with E-state index in [-0.39, 0.29) is 22.7 Å². The Bertz CT molecular complexity index is 1180. The molecule has 7 nitrogen and oxygen atoms in total. The molecule has 0 atom stereocenters. The van der Waals surface area contributed by atoms with Gasteiger partial charge in [0.2, 0.25) is 5.91 Å². The van der Waals surface area contributed by atoms with Crippen LogP contribution in [0.2, 0.25) is 5.02 Å². The number of para-hydroxylation sites is 2. The molecule has 3 rings (SSSR count). The number of hydrogen-bond donors (Lipinski definition) is 1. The average Bonchev–Trinajstić information content (AvgIpc) is 2.77. The van der Waals surface area contributed by atoms with E-state index in [0.717, 1.165) is 11.8 Å². The van der Waals surface area contributed by atoms with E-state index in [4.69, 9.17) is 16.3 Å². The number of carbonyl (C=O) groups is 1. The first kappa shape index (κ1) is 24.9. The van der Waals surface area contributed by atoms with Crippen molar-refractivity contribution in [3.63, 3.8) is 0 Å². The number of hydrogen-bond acceptors (Lipinski definition) is 6. The minimum absolute atomic E-state index is 0.104. The number of nitrogens with zero attached hydrogens (tertiary/aromatic N) is 2. The molecule has 0 fully saturated rings. The van der Waals surface area contributed by atoms with E-state index in [0.29, 0.717) is 47.3 Å². The molecule has 1 amide bonds. The molecule has 0 bridgehead atoms. The van der Waals surface area contributed by atoms with Gasteiger partial charge in [-0.1, -0.05) is 35.5 Å². The SMILES string of the molecule is CCOCCCn1c(SCC(=O)Nc2ccccc2OC(F)F)nc2cc(Cl)ccc2c1=O. The predicted molar refractivity (Wildman–Crippen MR) is 125 cm³/mol. The van der Waals surface area contributed by atoms with Gasteiger partial charge in [0.1, 0.15) is 5.75 Å². The number of nitrogens with one attached hydrogen (secondary N) is 1. The van der Waals surface area contributed by atoms with Crippen LogP contribution >= 0.6 is 23.4 Å². The molecule has 11 heteroatoms. The molecule has 176 valence electrons. The molecule has 33 heavy (non-hydrogen) atoms. The number of rotatable bonds is 11. The summed E-state index contributed by atoms with van der Waals surface area (Å²) in [5, 5.41) is 3.75. The highest BCUT2D eigenvalue weighted by Crippen LogP contribution is 2.26. The van der Waals surface area contributed by atoms with Crippen LogP contribution < -0.4 is 15.6 Å². The fraction of sp³-hybridized carbons (Fsp3) is 0.318. The van der Waals surface area contributed by atoms with Gasteiger partial charge in [-0.2, -0.15) is 8.78 Å². The Balaban J connectivity index is 1.79. The highest BCUT2D eigenvalue weighted by molar-refractivity contribution is 7.99. The van der Waals surface area contributed by atoms with Crippen LogP contribution in [0.3, 0.4) is 0 Å². The number of amides is 1. The van der Waals surface area contributed by atoms with Gasteiger partial charge in [0.15, 0.2) is 5.16 Å². The Kier molecular flexibility index (Phi) is 9.04. The number of aromatic nitrogens is 2. The zero-order chi connectivity index (χ0) is 23.8. The Labute approximate surface area is 198 Å². The lowest BCUT2D eigenvalue weighted by Crippen LogP contribution is -2.25. The normalized spacial score (nSPS) is 11.2. The number of carbonyl (C=O) groups excluding carboxylic acids is 1. The van der Waals surface area contributed by atoms with Crippen LogP contribution in [-0.2, 0) is 16.1 Å². The lowest BCUT2D eigenvalue weighted by atomic mass is 10.2. The molecule has 0 unspecified atom stereocenters. The quantitative estimate of drug-likeness (QED) is 0.232. The van der Waals surface area contributed by atoms with Crippen molar-refractivity contribution in [2.75, 3.05) is 24.3 Å². The molecule has 1 aromatic heterocycles. The van der Waals surface area contributed by atoms with Gasteiger partial charge in [-0.25, -0.2) is 4.98 Å². The summed E-state index contributed by atoms with van der Waals surface area (Å²) in [6.07, 6.45) is 0.590. The number of anilines is 1. The summed E-state index contributed by atoms with van der Waals surface area (Å²) >= 11 is 7.11. The lowest BCUT2D eigenvalue weighted by molar-refractivity contribution is -0.113. The van der Waals surface area contributed by atoms with E-state index in [9.17, 15) is 18.4 Å². The second-order valence-electron chi connectivity index (χ2n) is 6.77. The van der Waals surface area contributed by atoms with E-state index < -0.39 is 12.5 Å². The Hall–Kier alpha value is -2.69. The summed E-state index contributed by atoms with van der Waals surface area (Å²) < 4.78 is 36.5. The van der Waals surface area contributed by atoms with Gasteiger partial charge in [-0.15, -0.1) is 0 Å². The monoisotopic (exact) mass is 497 g/mol. The van der Waals surface area contributed by atoms with Gasteiger partial charge in [0.05, 0.1) is 22.3 Å². The minimum Gasteiger partial charge on any atom is -0.433 e. The summed E-state index contributed by atoms with van der Waals surface area (Å²) in [5.41, 5.74) is 0.301. The van der Waals surface area contributed by atoms with Crippen molar-refractivity contribution in [1.29, 1.82) is 0 Å². The van der Waals surface area contributed by atoms with Crippen molar-refractivity contribution < 1.29 is 23.0 Å². The zero-order valence-corrected chi connectivity index (χ0v) is 19.3. The smallest absolute Gasteiger partial charge is 0.387 e. The maximum absolute atomic E-state index is 13.0. The van der Waals surface area contributed by atoms with Crippen molar-refractivity contribution in [3.8, 4) is 5.75 Å². The molecular formula is C22H22ClF2N3O4S. The molecule has 0 spiro atoms. The summed E-state index contributed by atoms with van der Waals surface area (Å²) in [6, 6.07) is 10.7. The van der Waals surface area contributed by atoms with Gasteiger partial charge in [-0.05, 0) is 43.7 Å². The maximum atomic E-state index is 13.0. The second-order valence-corrected chi connectivity index (χ2v) is 8.15. The highest BCUT2D eigenvalue weighted by atomic mass is 35.5. The molecule has 0 radical (unpaired) electrons. The fourth-order valence-corrected chi connectivity index (χ4v) is 4.03. The number of fused-ring (bicyclic) bond motifs is 1. The summed E-state index contributed by atoms with van der Waals surface area (Å²) in [4.78, 5) is 30.1. The molecule has 0 aliphatic heterocycles. The predicted octanol–water partition coefficient (Wildman–Crippen LogP) is 4.81. The standard InChI is InChI=1S/C22H22ClF2N3O4S/c1-2-31-11-5-10-28-20(30)15-9-8-14(23)12-17(15)27-22(28)33-13-19(29)26-16-6-3-4-7-18(16)32-21(24)25/h3-4,6-9,12,21H,2,5,10-11,13H2,1H3,(H,26,29). The second kappa shape index (κ2) is 12.0. The van der Waals surface area contributed by atoms with Crippen LogP contribution in [-0.4, -0.2) is 41.0 Å². The summed E-state index contributed by atoms with van der Waals surface area (Å²) in [5.74, 6) is -0.712. The van der Waals surface area contributed by atoms with Crippen LogP contribution in [0.15, 0.2) is 52.4 Å².